The topological polar surface area (TPSA) is 31.4 Å². The number of allylic oxidation sites excluding steroid dienone is 1. The van der Waals surface area contributed by atoms with Gasteiger partial charge in [-0.3, -0.25) is 4.98 Å². The van der Waals surface area contributed by atoms with E-state index >= 15 is 0 Å². The summed E-state index contributed by atoms with van der Waals surface area (Å²) in [6.07, 6.45) is 4.20. The summed E-state index contributed by atoms with van der Waals surface area (Å²) in [6.45, 7) is 8.82. The van der Waals surface area contributed by atoms with E-state index in [4.69, 9.17) is 12.2 Å². The molecule has 5 rings (SSSR count). The fourth-order valence-electron chi connectivity index (χ4n) is 5.04. The first kappa shape index (κ1) is 21.7. The highest BCUT2D eigenvalue weighted by Gasteiger charge is 2.41. The molecule has 0 amide bonds. The lowest BCUT2D eigenvalue weighted by atomic mass is 9.86. The molecule has 5 heteroatoms. The van der Waals surface area contributed by atoms with E-state index in [9.17, 15) is 0 Å². The summed E-state index contributed by atoms with van der Waals surface area (Å²) >= 11 is 5.87. The highest BCUT2D eigenvalue weighted by atomic mass is 32.1. The third kappa shape index (κ3) is 3.70. The zero-order valence-electron chi connectivity index (χ0n) is 19.8. The summed E-state index contributed by atoms with van der Waals surface area (Å²) in [5.74, 6) is 0. The van der Waals surface area contributed by atoms with Crippen LogP contribution in [0.1, 0.15) is 55.2 Å². The molecule has 3 heterocycles. The molecule has 0 spiro atoms. The Kier molecular flexibility index (Phi) is 5.25. The van der Waals surface area contributed by atoms with Crippen LogP contribution in [0.4, 0.5) is 11.4 Å². The van der Waals surface area contributed by atoms with Crippen LogP contribution >= 0.6 is 12.2 Å². The van der Waals surface area contributed by atoms with Crippen LogP contribution in [0.15, 0.2) is 72.9 Å². The molecule has 33 heavy (non-hydrogen) atoms. The molecule has 0 aliphatic carbocycles. The fourth-order valence-corrected chi connectivity index (χ4v) is 5.38. The van der Waals surface area contributed by atoms with Gasteiger partial charge in [-0.15, -0.1) is 0 Å². The van der Waals surface area contributed by atoms with Gasteiger partial charge in [-0.1, -0.05) is 35.9 Å². The predicted octanol–water partition coefficient (Wildman–Crippen LogP) is 6.20. The van der Waals surface area contributed by atoms with Gasteiger partial charge in [0.05, 0.1) is 23.3 Å². The second kappa shape index (κ2) is 7.99. The third-order valence-electron chi connectivity index (χ3n) is 6.99. The Morgan fingerprint density at radius 2 is 1.76 bits per heavy atom. The molecule has 0 bridgehead atoms. The molecule has 2 atom stereocenters. The number of likely N-dealkylation sites (N-methyl/N-ethyl adjacent to an activating group) is 1. The van der Waals surface area contributed by atoms with Gasteiger partial charge in [0.15, 0.2) is 5.11 Å². The molecule has 1 aromatic heterocycles. The molecule has 2 aliphatic heterocycles. The van der Waals surface area contributed by atoms with Gasteiger partial charge in [0.1, 0.15) is 0 Å². The van der Waals surface area contributed by atoms with E-state index in [-0.39, 0.29) is 17.6 Å². The predicted molar refractivity (Wildman–Crippen MR) is 142 cm³/mol. The van der Waals surface area contributed by atoms with Gasteiger partial charge in [-0.25, -0.2) is 0 Å². The summed E-state index contributed by atoms with van der Waals surface area (Å²) in [4.78, 5) is 9.27. The summed E-state index contributed by atoms with van der Waals surface area (Å²) in [5.41, 5.74) is 8.35. The number of pyridine rings is 1. The number of hydrogen-bond donors (Lipinski definition) is 1. The monoisotopic (exact) mass is 454 g/mol. The number of thiocarbonyl (C=S) groups is 1. The number of rotatable bonds is 3. The second-order valence-corrected chi connectivity index (χ2v) is 10.0. The van der Waals surface area contributed by atoms with E-state index in [1.807, 2.05) is 18.3 Å². The van der Waals surface area contributed by atoms with Crippen molar-refractivity contribution in [2.24, 2.45) is 0 Å². The molecule has 3 aromatic rings. The van der Waals surface area contributed by atoms with Gasteiger partial charge in [0.25, 0.3) is 0 Å². The average molecular weight is 455 g/mol. The Balaban J connectivity index is 1.65. The molecule has 0 unspecified atom stereocenters. The van der Waals surface area contributed by atoms with E-state index in [0.717, 1.165) is 16.5 Å². The summed E-state index contributed by atoms with van der Waals surface area (Å²) < 4.78 is 0. The van der Waals surface area contributed by atoms with E-state index in [1.54, 1.807) is 0 Å². The smallest absolute Gasteiger partial charge is 0.174 e. The van der Waals surface area contributed by atoms with Gasteiger partial charge in [-0.05, 0) is 87.4 Å². The van der Waals surface area contributed by atoms with Crippen LogP contribution < -0.4 is 15.1 Å². The Morgan fingerprint density at radius 1 is 1.00 bits per heavy atom. The second-order valence-electron chi connectivity index (χ2n) is 9.65. The van der Waals surface area contributed by atoms with Crippen molar-refractivity contribution in [1.29, 1.82) is 0 Å². The van der Waals surface area contributed by atoms with E-state index in [0.29, 0.717) is 0 Å². The number of anilines is 2. The van der Waals surface area contributed by atoms with E-state index in [2.05, 4.69) is 109 Å². The van der Waals surface area contributed by atoms with Crippen LogP contribution in [0.3, 0.4) is 0 Å². The van der Waals surface area contributed by atoms with Crippen LogP contribution in [0, 0.1) is 6.92 Å². The Labute approximate surface area is 202 Å². The molecule has 4 nitrogen and oxygen atoms in total. The molecular weight excluding hydrogens is 424 g/mol. The normalized spacial score (nSPS) is 21.5. The first-order chi connectivity index (χ1) is 15.8. The molecule has 1 fully saturated rings. The van der Waals surface area contributed by atoms with E-state index in [1.165, 1.54) is 28.0 Å². The SMILES string of the molecule is CC1=CC(C)(C)N(C)c2ccc([C@@H]3[C@H](c4ccccn4)NC(=S)N3c3ccc(C)cc3)cc21. The third-order valence-corrected chi connectivity index (χ3v) is 7.31. The van der Waals surface area contributed by atoms with Crippen LogP contribution in [0.2, 0.25) is 0 Å². The van der Waals surface area contributed by atoms with Crippen molar-refractivity contribution in [2.75, 3.05) is 16.8 Å². The van der Waals surface area contributed by atoms with Crippen molar-refractivity contribution in [3.63, 3.8) is 0 Å². The quantitative estimate of drug-likeness (QED) is 0.476. The standard InChI is InChI=1S/C28H30N4S/c1-18-9-12-21(13-10-18)32-26(25(30-27(32)33)23-8-6-7-15-29-23)20-11-14-24-22(16-20)19(2)17-28(3,4)31(24)5/h6-17,25-26H,1-5H3,(H,30,33)/t25-,26+/m0/s1. The number of fused-ring (bicyclic) bond motifs is 1. The van der Waals surface area contributed by atoms with Gasteiger partial charge in [-0.2, -0.15) is 0 Å². The zero-order chi connectivity index (χ0) is 23.3. The molecule has 2 aromatic carbocycles. The average Bonchev–Trinajstić information content (AvgIpc) is 3.15. The van der Waals surface area contributed by atoms with Gasteiger partial charge in [0, 0.05) is 30.2 Å². The van der Waals surface area contributed by atoms with Gasteiger partial charge < -0.3 is 15.1 Å². The molecule has 1 saturated heterocycles. The van der Waals surface area contributed by atoms with Crippen molar-refractivity contribution in [3.05, 3.63) is 95.3 Å². The van der Waals surface area contributed by atoms with Crippen LogP contribution in [0.5, 0.6) is 0 Å². The molecule has 0 saturated carbocycles. The number of aryl methyl sites for hydroxylation is 1. The van der Waals surface area contributed by atoms with Crippen molar-refractivity contribution in [1.82, 2.24) is 10.3 Å². The number of nitrogens with one attached hydrogen (secondary N) is 1. The zero-order valence-corrected chi connectivity index (χ0v) is 20.6. The van der Waals surface area contributed by atoms with Crippen LogP contribution in [-0.4, -0.2) is 22.7 Å². The summed E-state index contributed by atoms with van der Waals surface area (Å²) in [6, 6.07) is 21.4. The number of hydrogen-bond acceptors (Lipinski definition) is 3. The molecular formula is C28H30N4S. The molecule has 168 valence electrons. The maximum absolute atomic E-state index is 5.87. The maximum atomic E-state index is 5.87. The molecule has 2 aliphatic rings. The number of aromatic nitrogens is 1. The Bertz CT molecular complexity index is 1230. The van der Waals surface area contributed by atoms with Crippen LogP contribution in [-0.2, 0) is 0 Å². The minimum atomic E-state index is -0.0416. The lowest BCUT2D eigenvalue weighted by Gasteiger charge is -2.41. The number of nitrogens with zero attached hydrogens (tertiary/aromatic N) is 3. The van der Waals surface area contributed by atoms with E-state index < -0.39 is 0 Å². The largest absolute Gasteiger partial charge is 0.366 e. The minimum Gasteiger partial charge on any atom is -0.366 e. The fraction of sp³-hybridized carbons (Fsp3) is 0.286. The highest BCUT2D eigenvalue weighted by molar-refractivity contribution is 7.80. The minimum absolute atomic E-state index is 0.00607. The Morgan fingerprint density at radius 3 is 2.45 bits per heavy atom. The molecule has 0 radical (unpaired) electrons. The van der Waals surface area contributed by atoms with Crippen molar-refractivity contribution >= 4 is 34.3 Å². The lowest BCUT2D eigenvalue weighted by Crippen LogP contribution is -2.42. The maximum Gasteiger partial charge on any atom is 0.174 e. The highest BCUT2D eigenvalue weighted by Crippen LogP contribution is 2.45. The van der Waals surface area contributed by atoms with Crippen molar-refractivity contribution in [2.45, 2.75) is 45.3 Å². The van der Waals surface area contributed by atoms with Crippen molar-refractivity contribution in [3.8, 4) is 0 Å². The lowest BCUT2D eigenvalue weighted by molar-refractivity contribution is 0.566. The first-order valence-corrected chi connectivity index (χ1v) is 11.8. The van der Waals surface area contributed by atoms with Gasteiger partial charge in [0.2, 0.25) is 0 Å². The van der Waals surface area contributed by atoms with Crippen molar-refractivity contribution < 1.29 is 0 Å². The van der Waals surface area contributed by atoms with Gasteiger partial charge >= 0.3 is 0 Å². The Hall–Kier alpha value is -3.18. The first-order valence-electron chi connectivity index (χ1n) is 11.4. The summed E-state index contributed by atoms with van der Waals surface area (Å²) in [7, 11) is 2.17. The number of benzene rings is 2. The summed E-state index contributed by atoms with van der Waals surface area (Å²) in [5, 5.41) is 4.29. The molecule has 1 N–H and O–H groups in total. The van der Waals surface area contributed by atoms with Crippen LogP contribution in [0.25, 0.3) is 5.57 Å².